The van der Waals surface area contributed by atoms with Gasteiger partial charge < -0.3 is 14.3 Å². The summed E-state index contributed by atoms with van der Waals surface area (Å²) in [5.74, 6) is -1.22. The molecule has 0 aliphatic heterocycles. The number of carbonyl (C=O) groups excluding carboxylic acids is 2. The van der Waals surface area contributed by atoms with Crippen molar-refractivity contribution in [3.63, 3.8) is 0 Å². The summed E-state index contributed by atoms with van der Waals surface area (Å²) in [6.45, 7) is 3.30. The predicted octanol–water partition coefficient (Wildman–Crippen LogP) is 3.55. The van der Waals surface area contributed by atoms with Crippen LogP contribution in [0.25, 0.3) is 0 Å². The number of benzene rings is 2. The van der Waals surface area contributed by atoms with Crippen LogP contribution in [-0.4, -0.2) is 19.4 Å². The molecule has 0 atom stereocenters. The van der Waals surface area contributed by atoms with Crippen molar-refractivity contribution in [3.8, 4) is 5.75 Å². The summed E-state index contributed by atoms with van der Waals surface area (Å²) >= 11 is 0. The fourth-order valence-corrected chi connectivity index (χ4v) is 2.61. The second-order valence-electron chi connectivity index (χ2n) is 5.38. The molecule has 0 radical (unpaired) electrons. The molecule has 0 saturated carbocycles. The molecule has 0 N–H and O–H groups in total. The van der Waals surface area contributed by atoms with Crippen LogP contribution in [0.5, 0.6) is 5.75 Å². The molecule has 24 heavy (non-hydrogen) atoms. The van der Waals surface area contributed by atoms with E-state index in [2.05, 4.69) is 0 Å². The average Bonchev–Trinajstić information content (AvgIpc) is 2.60. The molecule has 0 aliphatic carbocycles. The van der Waals surface area contributed by atoms with Gasteiger partial charge in [-0.15, -0.1) is 0 Å². The molecule has 0 bridgehead atoms. The summed E-state index contributed by atoms with van der Waals surface area (Å²) in [6, 6.07) is 9.36. The van der Waals surface area contributed by atoms with E-state index in [4.69, 9.17) is 9.47 Å². The molecule has 126 valence electrons. The number of esters is 1. The first-order valence-electron chi connectivity index (χ1n) is 7.51. The standard InChI is InChI=1S/C19H19FO4/c1-12-15(9-10-21)16(19(22)23-3)13(2)17(20)18(12)24-11-14-7-5-4-6-8-14/h4-8,10H,9,11H2,1-3H3. The summed E-state index contributed by atoms with van der Waals surface area (Å²) in [5.41, 5.74) is 1.96. The van der Waals surface area contributed by atoms with E-state index in [0.29, 0.717) is 17.4 Å². The Morgan fingerprint density at radius 3 is 2.42 bits per heavy atom. The first-order chi connectivity index (χ1) is 11.5. The topological polar surface area (TPSA) is 52.6 Å². The van der Waals surface area contributed by atoms with Gasteiger partial charge in [0.25, 0.3) is 0 Å². The van der Waals surface area contributed by atoms with Crippen molar-refractivity contribution in [1.82, 2.24) is 0 Å². The Morgan fingerprint density at radius 1 is 1.17 bits per heavy atom. The molecule has 4 nitrogen and oxygen atoms in total. The number of hydrogen-bond donors (Lipinski definition) is 0. The van der Waals surface area contributed by atoms with Crippen LogP contribution in [0.1, 0.15) is 32.6 Å². The minimum absolute atomic E-state index is 0.0148. The maximum Gasteiger partial charge on any atom is 0.338 e. The predicted molar refractivity (Wildman–Crippen MR) is 87.8 cm³/mol. The van der Waals surface area contributed by atoms with Crippen LogP contribution < -0.4 is 4.74 Å². The van der Waals surface area contributed by atoms with Gasteiger partial charge in [0.1, 0.15) is 12.9 Å². The number of halogens is 1. The van der Waals surface area contributed by atoms with Gasteiger partial charge in [-0.05, 0) is 30.5 Å². The molecule has 0 amide bonds. The van der Waals surface area contributed by atoms with Crippen molar-refractivity contribution in [3.05, 3.63) is 64.0 Å². The lowest BCUT2D eigenvalue weighted by molar-refractivity contribution is -0.107. The van der Waals surface area contributed by atoms with E-state index in [9.17, 15) is 14.0 Å². The van der Waals surface area contributed by atoms with Gasteiger partial charge in [0.15, 0.2) is 11.6 Å². The van der Waals surface area contributed by atoms with Gasteiger partial charge in [-0.25, -0.2) is 9.18 Å². The van der Waals surface area contributed by atoms with Crippen LogP contribution in [0.2, 0.25) is 0 Å². The highest BCUT2D eigenvalue weighted by atomic mass is 19.1. The number of rotatable bonds is 6. The summed E-state index contributed by atoms with van der Waals surface area (Å²) in [7, 11) is 1.22. The molecule has 0 aliphatic rings. The van der Waals surface area contributed by atoms with Crippen molar-refractivity contribution in [2.24, 2.45) is 0 Å². The number of hydrogen-bond acceptors (Lipinski definition) is 4. The van der Waals surface area contributed by atoms with Crippen LogP contribution in [0.4, 0.5) is 4.39 Å². The van der Waals surface area contributed by atoms with Crippen LogP contribution in [0, 0.1) is 19.7 Å². The van der Waals surface area contributed by atoms with Crippen LogP contribution in [0.3, 0.4) is 0 Å². The molecule has 0 saturated heterocycles. The van der Waals surface area contributed by atoms with Crippen molar-refractivity contribution in [2.75, 3.05) is 7.11 Å². The van der Waals surface area contributed by atoms with Crippen molar-refractivity contribution in [1.29, 1.82) is 0 Å². The summed E-state index contributed by atoms with van der Waals surface area (Å²) < 4.78 is 25.1. The average molecular weight is 330 g/mol. The molecular weight excluding hydrogens is 311 g/mol. The highest BCUT2D eigenvalue weighted by Crippen LogP contribution is 2.33. The Morgan fingerprint density at radius 2 is 1.83 bits per heavy atom. The van der Waals surface area contributed by atoms with Gasteiger partial charge in [0.2, 0.25) is 0 Å². The molecule has 2 aromatic carbocycles. The number of carbonyl (C=O) groups is 2. The molecular formula is C19H19FO4. The van der Waals surface area contributed by atoms with Gasteiger partial charge in [-0.3, -0.25) is 0 Å². The van der Waals surface area contributed by atoms with Crippen LogP contribution >= 0.6 is 0 Å². The second kappa shape index (κ2) is 7.73. The smallest absolute Gasteiger partial charge is 0.338 e. The minimum atomic E-state index is -0.666. The minimum Gasteiger partial charge on any atom is -0.486 e. The fourth-order valence-electron chi connectivity index (χ4n) is 2.61. The van der Waals surface area contributed by atoms with Gasteiger partial charge in [0, 0.05) is 12.0 Å². The Balaban J connectivity index is 2.48. The zero-order valence-corrected chi connectivity index (χ0v) is 13.9. The van der Waals surface area contributed by atoms with Gasteiger partial charge in [-0.1, -0.05) is 30.3 Å². The molecule has 2 aromatic rings. The summed E-state index contributed by atoms with van der Waals surface area (Å²) in [6.07, 6.45) is 0.659. The molecule has 0 aromatic heterocycles. The third-order valence-electron chi connectivity index (χ3n) is 3.90. The van der Waals surface area contributed by atoms with E-state index >= 15 is 0 Å². The second-order valence-corrected chi connectivity index (χ2v) is 5.38. The first-order valence-corrected chi connectivity index (χ1v) is 7.51. The molecule has 0 spiro atoms. The van der Waals surface area contributed by atoms with Crippen molar-refractivity contribution >= 4 is 12.3 Å². The molecule has 2 rings (SSSR count). The van der Waals surface area contributed by atoms with E-state index in [1.54, 1.807) is 6.92 Å². The van der Waals surface area contributed by atoms with Gasteiger partial charge in [0.05, 0.1) is 12.7 Å². The summed E-state index contributed by atoms with van der Waals surface area (Å²) in [4.78, 5) is 23.0. The summed E-state index contributed by atoms with van der Waals surface area (Å²) in [5, 5.41) is 0. The lowest BCUT2D eigenvalue weighted by Crippen LogP contribution is -2.14. The highest BCUT2D eigenvalue weighted by molar-refractivity contribution is 5.94. The van der Waals surface area contributed by atoms with Gasteiger partial charge >= 0.3 is 5.97 Å². The van der Waals surface area contributed by atoms with E-state index in [0.717, 1.165) is 5.56 Å². The maximum absolute atomic E-state index is 14.7. The molecule has 0 unspecified atom stereocenters. The molecule has 0 fully saturated rings. The highest BCUT2D eigenvalue weighted by Gasteiger charge is 2.25. The Hall–Kier alpha value is -2.69. The van der Waals surface area contributed by atoms with Crippen LogP contribution in [0.15, 0.2) is 30.3 Å². The Bertz CT molecular complexity index is 754. The van der Waals surface area contributed by atoms with E-state index < -0.39 is 11.8 Å². The first kappa shape index (κ1) is 17.7. The monoisotopic (exact) mass is 330 g/mol. The third kappa shape index (κ3) is 3.45. The van der Waals surface area contributed by atoms with E-state index in [-0.39, 0.29) is 29.9 Å². The normalized spacial score (nSPS) is 10.3. The number of ether oxygens (including phenoxy) is 2. The fraction of sp³-hybridized carbons (Fsp3) is 0.263. The third-order valence-corrected chi connectivity index (χ3v) is 3.90. The molecule has 0 heterocycles. The lowest BCUT2D eigenvalue weighted by Gasteiger charge is -2.18. The Kier molecular flexibility index (Phi) is 5.68. The van der Waals surface area contributed by atoms with E-state index in [1.165, 1.54) is 14.0 Å². The zero-order chi connectivity index (χ0) is 17.7. The van der Waals surface area contributed by atoms with Crippen LogP contribution in [-0.2, 0) is 22.6 Å². The SMILES string of the molecule is COC(=O)c1c(C)c(F)c(OCc2ccccc2)c(C)c1CC=O. The molecule has 5 heteroatoms. The van der Waals surface area contributed by atoms with Crippen molar-refractivity contribution in [2.45, 2.75) is 26.9 Å². The quantitative estimate of drug-likeness (QED) is 0.600. The zero-order valence-electron chi connectivity index (χ0n) is 13.9. The largest absolute Gasteiger partial charge is 0.486 e. The Labute approximate surface area is 140 Å². The van der Waals surface area contributed by atoms with E-state index in [1.807, 2.05) is 30.3 Å². The number of methoxy groups -OCH3 is 1. The number of aldehydes is 1. The maximum atomic E-state index is 14.7. The lowest BCUT2D eigenvalue weighted by atomic mass is 9.93. The van der Waals surface area contributed by atoms with Crippen molar-refractivity contribution < 1.29 is 23.5 Å². The van der Waals surface area contributed by atoms with Gasteiger partial charge in [-0.2, -0.15) is 0 Å².